The zero-order valence-electron chi connectivity index (χ0n) is 13.8. The van der Waals surface area contributed by atoms with E-state index in [1.165, 1.54) is 44.1 Å². The molecule has 3 heteroatoms. The van der Waals surface area contributed by atoms with E-state index in [0.29, 0.717) is 11.5 Å². The first-order chi connectivity index (χ1) is 10.2. The summed E-state index contributed by atoms with van der Waals surface area (Å²) in [5, 5.41) is 4.06. The number of piperidine rings is 1. The fraction of sp³-hybridized carbons (Fsp3) is 0.684. The van der Waals surface area contributed by atoms with E-state index < -0.39 is 0 Å². The Bertz CT molecular complexity index is 505. The van der Waals surface area contributed by atoms with Crippen molar-refractivity contribution < 1.29 is 0 Å². The van der Waals surface area contributed by atoms with E-state index in [9.17, 15) is 0 Å². The summed E-state index contributed by atoms with van der Waals surface area (Å²) < 4.78 is 0. The molecule has 1 N–H and O–H groups in total. The van der Waals surface area contributed by atoms with E-state index in [0.717, 1.165) is 18.1 Å². The molecule has 4 rings (SSSR count). The molecule has 122 valence electrons. The molecule has 2 heterocycles. The molecule has 1 saturated carbocycles. The van der Waals surface area contributed by atoms with E-state index in [2.05, 4.69) is 54.5 Å². The zero-order valence-corrected chi connectivity index (χ0v) is 14.6. The number of hydrogen-bond acceptors (Lipinski definition) is 2. The van der Waals surface area contributed by atoms with Crippen molar-refractivity contribution in [1.29, 1.82) is 0 Å². The van der Waals surface area contributed by atoms with Crippen LogP contribution in [0.2, 0.25) is 0 Å². The Morgan fingerprint density at radius 3 is 2.68 bits per heavy atom. The summed E-state index contributed by atoms with van der Waals surface area (Å²) in [7, 11) is 2.38. The lowest BCUT2D eigenvalue weighted by atomic mass is 9.70. The Kier molecular flexibility index (Phi) is 4.55. The normalized spacial score (nSPS) is 40.8. The quantitative estimate of drug-likeness (QED) is 0.895. The van der Waals surface area contributed by atoms with Crippen molar-refractivity contribution in [2.75, 3.05) is 7.05 Å². The van der Waals surface area contributed by atoms with Crippen molar-refractivity contribution in [1.82, 2.24) is 10.2 Å². The molecule has 1 aromatic rings. The highest BCUT2D eigenvalue weighted by atomic mass is 35.5. The standard InChI is InChI=1S/C19H28N2.ClH/c1-19-13-16-15(12-14-8-4-3-5-9-14)20-17(19)10-6-7-11-18(19)21(16)2;/h3-5,8-9,15-18,20H,6-7,10-13H2,1-2H3;1H/t15-,16+,17-,18?,19-;/m1./s1. The van der Waals surface area contributed by atoms with Crippen LogP contribution in [0.4, 0.5) is 0 Å². The molecule has 0 aromatic heterocycles. The van der Waals surface area contributed by atoms with Gasteiger partial charge in [-0.05, 0) is 43.7 Å². The number of likely N-dealkylation sites (tertiary alicyclic amines) is 1. The van der Waals surface area contributed by atoms with Crippen molar-refractivity contribution in [3.05, 3.63) is 35.9 Å². The molecular formula is C19H29ClN2. The van der Waals surface area contributed by atoms with Gasteiger partial charge in [0.1, 0.15) is 0 Å². The lowest BCUT2D eigenvalue weighted by Gasteiger charge is -2.43. The van der Waals surface area contributed by atoms with Crippen LogP contribution in [-0.4, -0.2) is 36.1 Å². The molecule has 3 fully saturated rings. The van der Waals surface area contributed by atoms with E-state index >= 15 is 0 Å². The van der Waals surface area contributed by atoms with Gasteiger partial charge in [-0.3, -0.25) is 4.90 Å². The molecule has 0 radical (unpaired) electrons. The Balaban J connectivity index is 0.00000144. The number of likely N-dealkylation sites (N-methyl/N-ethyl adjacent to an activating group) is 1. The fourth-order valence-electron chi connectivity index (χ4n) is 5.48. The van der Waals surface area contributed by atoms with E-state index in [4.69, 9.17) is 0 Å². The summed E-state index contributed by atoms with van der Waals surface area (Å²) in [5.41, 5.74) is 1.98. The monoisotopic (exact) mass is 320 g/mol. The predicted molar refractivity (Wildman–Crippen MR) is 94.6 cm³/mol. The van der Waals surface area contributed by atoms with Crippen LogP contribution in [0, 0.1) is 5.41 Å². The second-order valence-electron chi connectivity index (χ2n) is 7.76. The first-order valence-corrected chi connectivity index (χ1v) is 8.70. The van der Waals surface area contributed by atoms with Gasteiger partial charge in [-0.1, -0.05) is 50.1 Å². The smallest absolute Gasteiger partial charge is 0.0266 e. The average Bonchev–Trinajstić information content (AvgIpc) is 2.61. The van der Waals surface area contributed by atoms with Crippen molar-refractivity contribution in [2.24, 2.45) is 5.41 Å². The minimum atomic E-state index is 0. The van der Waals surface area contributed by atoms with Gasteiger partial charge in [-0.15, -0.1) is 12.4 Å². The van der Waals surface area contributed by atoms with Crippen molar-refractivity contribution in [3.63, 3.8) is 0 Å². The third-order valence-corrected chi connectivity index (χ3v) is 6.62. The molecule has 0 spiro atoms. The predicted octanol–water partition coefficient (Wildman–Crippen LogP) is 3.64. The number of benzene rings is 1. The topological polar surface area (TPSA) is 15.3 Å². The maximum atomic E-state index is 4.06. The second-order valence-corrected chi connectivity index (χ2v) is 7.76. The second kappa shape index (κ2) is 6.14. The van der Waals surface area contributed by atoms with Gasteiger partial charge in [0.15, 0.2) is 0 Å². The summed E-state index contributed by atoms with van der Waals surface area (Å²) >= 11 is 0. The molecular weight excluding hydrogens is 292 g/mol. The molecule has 0 amide bonds. The van der Waals surface area contributed by atoms with Gasteiger partial charge in [0.2, 0.25) is 0 Å². The molecule has 1 unspecified atom stereocenters. The number of nitrogens with one attached hydrogen (secondary N) is 1. The van der Waals surface area contributed by atoms with Gasteiger partial charge < -0.3 is 5.32 Å². The lowest BCUT2D eigenvalue weighted by molar-refractivity contribution is 0.142. The van der Waals surface area contributed by atoms with Crippen molar-refractivity contribution in [2.45, 2.75) is 69.6 Å². The fourth-order valence-corrected chi connectivity index (χ4v) is 5.48. The van der Waals surface area contributed by atoms with Gasteiger partial charge in [-0.2, -0.15) is 0 Å². The summed E-state index contributed by atoms with van der Waals surface area (Å²) in [6.45, 7) is 2.55. The van der Waals surface area contributed by atoms with E-state index in [-0.39, 0.29) is 12.4 Å². The van der Waals surface area contributed by atoms with Gasteiger partial charge in [0.05, 0.1) is 0 Å². The number of halogens is 1. The van der Waals surface area contributed by atoms with E-state index in [1.807, 2.05) is 0 Å². The zero-order chi connectivity index (χ0) is 14.4. The number of fused-ring (bicyclic) bond motifs is 1. The average molecular weight is 321 g/mol. The molecule has 2 nitrogen and oxygen atoms in total. The van der Waals surface area contributed by atoms with Crippen LogP contribution in [0.5, 0.6) is 0 Å². The highest BCUT2D eigenvalue weighted by Crippen LogP contribution is 2.51. The van der Waals surface area contributed by atoms with Crippen LogP contribution in [0.1, 0.15) is 44.6 Å². The molecule has 2 aliphatic heterocycles. The number of nitrogens with zero attached hydrogens (tertiary/aromatic N) is 1. The molecule has 1 aromatic carbocycles. The Labute approximate surface area is 141 Å². The molecule has 5 atom stereocenters. The number of hydrogen-bond donors (Lipinski definition) is 1. The van der Waals surface area contributed by atoms with Gasteiger partial charge in [-0.25, -0.2) is 0 Å². The van der Waals surface area contributed by atoms with E-state index in [1.54, 1.807) is 0 Å². The maximum Gasteiger partial charge on any atom is 0.0266 e. The van der Waals surface area contributed by atoms with Crippen molar-refractivity contribution in [3.8, 4) is 0 Å². The Hall–Kier alpha value is -0.570. The van der Waals surface area contributed by atoms with Crippen LogP contribution in [0.15, 0.2) is 30.3 Å². The van der Waals surface area contributed by atoms with Crippen molar-refractivity contribution >= 4 is 12.4 Å². The third-order valence-electron chi connectivity index (χ3n) is 6.62. The summed E-state index contributed by atoms with van der Waals surface area (Å²) in [6, 6.07) is 13.9. The van der Waals surface area contributed by atoms with Crippen LogP contribution in [0.3, 0.4) is 0 Å². The summed E-state index contributed by atoms with van der Waals surface area (Å²) in [4.78, 5) is 2.73. The lowest BCUT2D eigenvalue weighted by Crippen LogP contribution is -2.57. The highest BCUT2D eigenvalue weighted by molar-refractivity contribution is 5.85. The third kappa shape index (κ3) is 2.50. The van der Waals surface area contributed by atoms with Crippen LogP contribution in [-0.2, 0) is 6.42 Å². The minimum absolute atomic E-state index is 0. The first kappa shape index (κ1) is 16.3. The van der Waals surface area contributed by atoms with Crippen LogP contribution in [0.25, 0.3) is 0 Å². The SMILES string of the molecule is CN1C2CCCC[C@H]3N[C@H](Cc4ccccc4)[C@@H]1C[C@@]23C.Cl. The first-order valence-electron chi connectivity index (χ1n) is 8.70. The Morgan fingerprint density at radius 2 is 1.91 bits per heavy atom. The summed E-state index contributed by atoms with van der Waals surface area (Å²) in [6.07, 6.45) is 8.16. The van der Waals surface area contributed by atoms with Crippen LogP contribution >= 0.6 is 12.4 Å². The number of rotatable bonds is 2. The van der Waals surface area contributed by atoms with Crippen LogP contribution < -0.4 is 5.32 Å². The molecule has 2 bridgehead atoms. The largest absolute Gasteiger partial charge is 0.309 e. The molecule has 1 aliphatic carbocycles. The minimum Gasteiger partial charge on any atom is -0.309 e. The van der Waals surface area contributed by atoms with Gasteiger partial charge >= 0.3 is 0 Å². The Morgan fingerprint density at radius 1 is 1.18 bits per heavy atom. The van der Waals surface area contributed by atoms with Gasteiger partial charge in [0, 0.05) is 24.2 Å². The highest BCUT2D eigenvalue weighted by Gasteiger charge is 2.57. The summed E-state index contributed by atoms with van der Waals surface area (Å²) in [5.74, 6) is 0. The maximum absolute atomic E-state index is 4.06. The molecule has 3 aliphatic rings. The molecule has 22 heavy (non-hydrogen) atoms. The van der Waals surface area contributed by atoms with Gasteiger partial charge in [0.25, 0.3) is 0 Å². The molecule has 2 saturated heterocycles.